The van der Waals surface area contributed by atoms with Gasteiger partial charge in [-0.3, -0.25) is 0 Å². The van der Waals surface area contributed by atoms with E-state index < -0.39 is 0 Å². The molecule has 0 heterocycles. The quantitative estimate of drug-likeness (QED) is 0.744. The first-order valence-corrected chi connectivity index (χ1v) is 4.27. The van der Waals surface area contributed by atoms with Gasteiger partial charge < -0.3 is 10.8 Å². The van der Waals surface area contributed by atoms with Gasteiger partial charge in [-0.25, -0.2) is 0 Å². The lowest BCUT2D eigenvalue weighted by Crippen LogP contribution is -2.08. The van der Waals surface area contributed by atoms with Gasteiger partial charge in [0.25, 0.3) is 0 Å². The summed E-state index contributed by atoms with van der Waals surface area (Å²) >= 11 is 5.71. The number of hydrogen-bond donors (Lipinski definition) is 2. The van der Waals surface area contributed by atoms with Crippen LogP contribution in [-0.2, 0) is 0 Å². The average Bonchev–Trinajstić information content (AvgIpc) is 2.08. The molecule has 0 aromatic heterocycles. The Labute approximate surface area is 77.0 Å². The highest BCUT2D eigenvalue weighted by Crippen LogP contribution is 2.31. The van der Waals surface area contributed by atoms with Crippen molar-refractivity contribution in [2.75, 3.05) is 0 Å². The zero-order chi connectivity index (χ0) is 9.14. The molecule has 12 heavy (non-hydrogen) atoms. The predicted molar refractivity (Wildman–Crippen MR) is 50.3 cm³/mol. The summed E-state index contributed by atoms with van der Waals surface area (Å²) in [6.45, 7) is 1.96. The second kappa shape index (κ2) is 3.78. The maximum absolute atomic E-state index is 9.49. The van der Waals surface area contributed by atoms with E-state index in [1.54, 1.807) is 18.2 Å². The number of phenolic OH excluding ortho intramolecular Hbond substituents is 1. The maximum Gasteiger partial charge on any atom is 0.138 e. The summed E-state index contributed by atoms with van der Waals surface area (Å²) in [7, 11) is 0. The highest BCUT2D eigenvalue weighted by molar-refractivity contribution is 6.32. The van der Waals surface area contributed by atoms with Gasteiger partial charge in [-0.15, -0.1) is 0 Å². The van der Waals surface area contributed by atoms with Crippen LogP contribution in [-0.4, -0.2) is 5.11 Å². The molecule has 0 saturated heterocycles. The molecular weight excluding hydrogens is 174 g/mol. The number of phenols is 1. The zero-order valence-electron chi connectivity index (χ0n) is 6.92. The van der Waals surface area contributed by atoms with Gasteiger partial charge in [-0.2, -0.15) is 0 Å². The smallest absolute Gasteiger partial charge is 0.138 e. The number of rotatable bonds is 2. The summed E-state index contributed by atoms with van der Waals surface area (Å²) in [6.07, 6.45) is 0.786. The molecule has 1 aromatic rings. The van der Waals surface area contributed by atoms with Crippen LogP contribution in [0.1, 0.15) is 24.9 Å². The lowest BCUT2D eigenvalue weighted by atomic mass is 10.0. The fourth-order valence-electron chi connectivity index (χ4n) is 1.05. The van der Waals surface area contributed by atoms with E-state index >= 15 is 0 Å². The molecule has 0 aliphatic carbocycles. The third-order valence-electron chi connectivity index (χ3n) is 1.86. The van der Waals surface area contributed by atoms with E-state index in [-0.39, 0.29) is 11.8 Å². The molecule has 0 spiro atoms. The highest BCUT2D eigenvalue weighted by Gasteiger charge is 2.10. The lowest BCUT2D eigenvalue weighted by molar-refractivity contribution is 0.460. The van der Waals surface area contributed by atoms with Crippen LogP contribution in [0, 0.1) is 0 Å². The standard InChI is InChI=1S/C9H12ClNO/c1-2-8(11)6-4-3-5-7(10)9(6)12/h3-5,8,12H,2,11H2,1H3/t8-/m1/s1. The van der Waals surface area contributed by atoms with E-state index in [4.69, 9.17) is 17.3 Å². The lowest BCUT2D eigenvalue weighted by Gasteiger charge is -2.11. The SMILES string of the molecule is CC[C@@H](N)c1cccc(Cl)c1O. The summed E-state index contributed by atoms with van der Waals surface area (Å²) < 4.78 is 0. The van der Waals surface area contributed by atoms with Crippen LogP contribution in [0.3, 0.4) is 0 Å². The Hall–Kier alpha value is -0.730. The van der Waals surface area contributed by atoms with Crippen molar-refractivity contribution >= 4 is 11.6 Å². The minimum Gasteiger partial charge on any atom is -0.506 e. The summed E-state index contributed by atoms with van der Waals surface area (Å²) in [5, 5.41) is 9.84. The van der Waals surface area contributed by atoms with Gasteiger partial charge in [0.2, 0.25) is 0 Å². The number of nitrogens with two attached hydrogens (primary N) is 1. The third kappa shape index (κ3) is 1.71. The third-order valence-corrected chi connectivity index (χ3v) is 2.16. The van der Waals surface area contributed by atoms with E-state index in [9.17, 15) is 5.11 Å². The summed E-state index contributed by atoms with van der Waals surface area (Å²) in [5.41, 5.74) is 6.46. The molecule has 1 atom stereocenters. The molecule has 3 N–H and O–H groups in total. The van der Waals surface area contributed by atoms with Crippen molar-refractivity contribution in [3.8, 4) is 5.75 Å². The maximum atomic E-state index is 9.49. The first-order chi connectivity index (χ1) is 5.66. The Bertz CT molecular complexity index is 275. The van der Waals surface area contributed by atoms with Crippen molar-refractivity contribution in [3.05, 3.63) is 28.8 Å². The van der Waals surface area contributed by atoms with Crippen LogP contribution in [0.25, 0.3) is 0 Å². The number of para-hydroxylation sites is 1. The van der Waals surface area contributed by atoms with Crippen molar-refractivity contribution in [1.82, 2.24) is 0 Å². The second-order valence-electron chi connectivity index (χ2n) is 2.69. The number of halogens is 1. The zero-order valence-corrected chi connectivity index (χ0v) is 7.67. The molecule has 0 amide bonds. The highest BCUT2D eigenvalue weighted by atomic mass is 35.5. The molecule has 1 rings (SSSR count). The summed E-state index contributed by atoms with van der Waals surface area (Å²) in [5.74, 6) is 0.105. The number of hydrogen-bond acceptors (Lipinski definition) is 2. The molecule has 3 heteroatoms. The number of aromatic hydroxyl groups is 1. The Morgan fingerprint density at radius 3 is 2.83 bits per heavy atom. The molecule has 2 nitrogen and oxygen atoms in total. The van der Waals surface area contributed by atoms with Gasteiger partial charge in [0.05, 0.1) is 5.02 Å². The van der Waals surface area contributed by atoms with Crippen LogP contribution >= 0.6 is 11.6 Å². The van der Waals surface area contributed by atoms with Gasteiger partial charge in [-0.1, -0.05) is 30.7 Å². The average molecular weight is 186 g/mol. The van der Waals surface area contributed by atoms with Crippen LogP contribution in [0.5, 0.6) is 5.75 Å². The fraction of sp³-hybridized carbons (Fsp3) is 0.333. The molecule has 0 unspecified atom stereocenters. The topological polar surface area (TPSA) is 46.2 Å². The molecule has 0 radical (unpaired) electrons. The first-order valence-electron chi connectivity index (χ1n) is 3.89. The van der Waals surface area contributed by atoms with Crippen molar-refractivity contribution in [1.29, 1.82) is 0 Å². The molecule has 66 valence electrons. The first kappa shape index (κ1) is 9.36. The largest absolute Gasteiger partial charge is 0.506 e. The Morgan fingerprint density at radius 1 is 1.58 bits per heavy atom. The van der Waals surface area contributed by atoms with Crippen LogP contribution < -0.4 is 5.73 Å². The van der Waals surface area contributed by atoms with E-state index in [1.165, 1.54) is 0 Å². The number of benzene rings is 1. The summed E-state index contributed by atoms with van der Waals surface area (Å²) in [4.78, 5) is 0. The molecule has 0 fully saturated rings. The van der Waals surface area contributed by atoms with Crippen molar-refractivity contribution in [3.63, 3.8) is 0 Å². The second-order valence-corrected chi connectivity index (χ2v) is 3.10. The van der Waals surface area contributed by atoms with Crippen molar-refractivity contribution < 1.29 is 5.11 Å². The summed E-state index contributed by atoms with van der Waals surface area (Å²) in [6, 6.07) is 5.08. The van der Waals surface area contributed by atoms with E-state index in [1.807, 2.05) is 6.92 Å². The predicted octanol–water partition coefficient (Wildman–Crippen LogP) is 2.46. The van der Waals surface area contributed by atoms with Gasteiger partial charge in [0, 0.05) is 11.6 Å². The Kier molecular flexibility index (Phi) is 2.95. The van der Waals surface area contributed by atoms with Gasteiger partial charge >= 0.3 is 0 Å². The fourth-order valence-corrected chi connectivity index (χ4v) is 1.23. The normalized spacial score (nSPS) is 12.9. The molecule has 0 aliphatic rings. The van der Waals surface area contributed by atoms with E-state index in [2.05, 4.69) is 0 Å². The monoisotopic (exact) mass is 185 g/mol. The van der Waals surface area contributed by atoms with E-state index in [0.717, 1.165) is 6.42 Å². The van der Waals surface area contributed by atoms with Gasteiger partial charge in [-0.05, 0) is 12.5 Å². The van der Waals surface area contributed by atoms with Crippen molar-refractivity contribution in [2.24, 2.45) is 5.73 Å². The van der Waals surface area contributed by atoms with Crippen LogP contribution in [0.2, 0.25) is 5.02 Å². The molecule has 1 aromatic carbocycles. The Balaban J connectivity index is 3.07. The molecular formula is C9H12ClNO. The van der Waals surface area contributed by atoms with Crippen LogP contribution in [0.15, 0.2) is 18.2 Å². The minimum atomic E-state index is -0.135. The van der Waals surface area contributed by atoms with Crippen LogP contribution in [0.4, 0.5) is 0 Å². The Morgan fingerprint density at radius 2 is 2.25 bits per heavy atom. The minimum absolute atomic E-state index is 0.105. The van der Waals surface area contributed by atoms with E-state index in [0.29, 0.717) is 10.6 Å². The molecule has 0 bridgehead atoms. The van der Waals surface area contributed by atoms with Gasteiger partial charge in [0.15, 0.2) is 0 Å². The molecule has 0 aliphatic heterocycles. The molecule has 0 saturated carbocycles. The van der Waals surface area contributed by atoms with Gasteiger partial charge in [0.1, 0.15) is 5.75 Å². The van der Waals surface area contributed by atoms with Crippen molar-refractivity contribution in [2.45, 2.75) is 19.4 Å².